The Morgan fingerprint density at radius 2 is 2.05 bits per heavy atom. The molecule has 6 heteroatoms. The van der Waals surface area contributed by atoms with Crippen molar-refractivity contribution in [3.8, 4) is 5.69 Å². The third-order valence-electron chi connectivity index (χ3n) is 2.37. The van der Waals surface area contributed by atoms with Gasteiger partial charge < -0.3 is 5.32 Å². The molecule has 2 aromatic rings. The van der Waals surface area contributed by atoms with Crippen molar-refractivity contribution in [1.29, 1.82) is 0 Å². The standard InChI is InChI=1S/C13H12N4O2/c1-14-6-4-11(18)13-12(19)5-9-17(16-13)10-2-7-15-8-3-10/h2-9,14H,1H3. The van der Waals surface area contributed by atoms with E-state index in [0.29, 0.717) is 0 Å². The first-order valence-electron chi connectivity index (χ1n) is 5.61. The number of ketones is 1. The van der Waals surface area contributed by atoms with Gasteiger partial charge in [0.1, 0.15) is 0 Å². The highest BCUT2D eigenvalue weighted by Crippen LogP contribution is 2.02. The molecule has 2 aromatic heterocycles. The Hall–Kier alpha value is -2.76. The van der Waals surface area contributed by atoms with Crippen molar-refractivity contribution >= 4 is 5.78 Å². The maximum atomic E-state index is 11.8. The van der Waals surface area contributed by atoms with Crippen LogP contribution in [-0.4, -0.2) is 27.6 Å². The summed E-state index contributed by atoms with van der Waals surface area (Å²) in [5.41, 5.74) is 0.198. The van der Waals surface area contributed by atoms with Gasteiger partial charge in [0.25, 0.3) is 0 Å². The second-order valence-electron chi connectivity index (χ2n) is 3.66. The lowest BCUT2D eigenvalue weighted by atomic mass is 10.2. The van der Waals surface area contributed by atoms with Crippen molar-refractivity contribution in [2.75, 3.05) is 7.05 Å². The number of hydrogen-bond acceptors (Lipinski definition) is 5. The van der Waals surface area contributed by atoms with Gasteiger partial charge in [-0.2, -0.15) is 5.10 Å². The summed E-state index contributed by atoms with van der Waals surface area (Å²) in [6.45, 7) is 0. The minimum atomic E-state index is -0.442. The van der Waals surface area contributed by atoms with E-state index >= 15 is 0 Å². The second kappa shape index (κ2) is 5.72. The summed E-state index contributed by atoms with van der Waals surface area (Å²) in [5, 5.41) is 6.73. The van der Waals surface area contributed by atoms with Crippen LogP contribution >= 0.6 is 0 Å². The summed E-state index contributed by atoms with van der Waals surface area (Å²) in [4.78, 5) is 27.3. The van der Waals surface area contributed by atoms with Crippen molar-refractivity contribution in [3.63, 3.8) is 0 Å². The van der Waals surface area contributed by atoms with E-state index in [1.54, 1.807) is 31.6 Å². The van der Waals surface area contributed by atoms with Crippen LogP contribution in [0.15, 0.2) is 53.9 Å². The summed E-state index contributed by atoms with van der Waals surface area (Å²) in [5.74, 6) is -0.442. The predicted molar refractivity (Wildman–Crippen MR) is 70.2 cm³/mol. The smallest absolute Gasteiger partial charge is 0.211 e. The minimum absolute atomic E-state index is 0.120. The highest BCUT2D eigenvalue weighted by molar-refractivity contribution is 6.02. The number of allylic oxidation sites excluding steroid dienone is 1. The van der Waals surface area contributed by atoms with Gasteiger partial charge in [-0.05, 0) is 12.1 Å². The Bertz CT molecular complexity index is 662. The highest BCUT2D eigenvalue weighted by atomic mass is 16.1. The zero-order chi connectivity index (χ0) is 13.7. The highest BCUT2D eigenvalue weighted by Gasteiger charge is 2.10. The maximum Gasteiger partial charge on any atom is 0.211 e. The lowest BCUT2D eigenvalue weighted by Gasteiger charge is -2.05. The van der Waals surface area contributed by atoms with Crippen LogP contribution in [0.3, 0.4) is 0 Å². The molecule has 0 radical (unpaired) electrons. The van der Waals surface area contributed by atoms with Crippen molar-refractivity contribution < 1.29 is 4.79 Å². The topological polar surface area (TPSA) is 76.9 Å². The third-order valence-corrected chi connectivity index (χ3v) is 2.37. The fraction of sp³-hybridized carbons (Fsp3) is 0.0769. The van der Waals surface area contributed by atoms with E-state index in [0.717, 1.165) is 5.69 Å². The van der Waals surface area contributed by atoms with Crippen molar-refractivity contribution in [1.82, 2.24) is 20.1 Å². The van der Waals surface area contributed by atoms with Gasteiger partial charge >= 0.3 is 0 Å². The quantitative estimate of drug-likeness (QED) is 0.638. The lowest BCUT2D eigenvalue weighted by molar-refractivity contribution is 0.103. The number of carbonyl (C=O) groups is 1. The first-order valence-corrected chi connectivity index (χ1v) is 5.61. The van der Waals surface area contributed by atoms with Crippen molar-refractivity contribution in [2.24, 2.45) is 0 Å². The van der Waals surface area contributed by atoms with Gasteiger partial charge in [0.15, 0.2) is 5.69 Å². The van der Waals surface area contributed by atoms with Crippen molar-refractivity contribution in [3.05, 3.63) is 65.0 Å². The molecule has 0 bridgehead atoms. The molecule has 0 saturated heterocycles. The zero-order valence-electron chi connectivity index (χ0n) is 10.3. The van der Waals surface area contributed by atoms with Crippen LogP contribution in [0.4, 0.5) is 0 Å². The number of carbonyl (C=O) groups excluding carboxylic acids is 1. The fourth-order valence-corrected chi connectivity index (χ4v) is 1.46. The first-order chi connectivity index (χ1) is 9.22. The number of hydrogen-bond donors (Lipinski definition) is 1. The fourth-order valence-electron chi connectivity index (χ4n) is 1.46. The number of rotatable bonds is 4. The van der Waals surface area contributed by atoms with Gasteiger partial charge in [-0.3, -0.25) is 14.6 Å². The summed E-state index contributed by atoms with van der Waals surface area (Å²) in [6, 6.07) is 4.78. The van der Waals surface area contributed by atoms with Gasteiger partial charge in [0, 0.05) is 44.0 Å². The number of nitrogens with zero attached hydrogens (tertiary/aromatic N) is 3. The SMILES string of the molecule is CNC=CC(=O)c1nn(-c2ccncc2)ccc1=O. The van der Waals surface area contributed by atoms with E-state index in [2.05, 4.69) is 15.4 Å². The molecule has 6 nitrogen and oxygen atoms in total. The normalized spacial score (nSPS) is 10.6. The number of aromatic nitrogens is 3. The summed E-state index contributed by atoms with van der Waals surface area (Å²) in [7, 11) is 1.66. The predicted octanol–water partition coefficient (Wildman–Crippen LogP) is 0.543. The Kier molecular flexibility index (Phi) is 3.82. The van der Waals surface area contributed by atoms with E-state index in [1.807, 2.05) is 0 Å². The molecule has 0 unspecified atom stereocenters. The molecule has 0 aromatic carbocycles. The average Bonchev–Trinajstić information content (AvgIpc) is 2.46. The van der Waals surface area contributed by atoms with Crippen LogP contribution in [0.1, 0.15) is 10.5 Å². The molecule has 0 aliphatic heterocycles. The Balaban J connectivity index is 2.44. The monoisotopic (exact) mass is 256 g/mol. The summed E-state index contributed by atoms with van der Waals surface area (Å²) in [6.07, 6.45) is 7.44. The Morgan fingerprint density at radius 1 is 1.32 bits per heavy atom. The molecule has 0 saturated carbocycles. The van der Waals surface area contributed by atoms with E-state index < -0.39 is 11.2 Å². The molecule has 0 aliphatic carbocycles. The Labute approximate surface area is 109 Å². The second-order valence-corrected chi connectivity index (χ2v) is 3.66. The number of pyridine rings is 1. The van der Waals surface area contributed by atoms with E-state index in [9.17, 15) is 9.59 Å². The molecule has 0 aliphatic rings. The van der Waals surface area contributed by atoms with Gasteiger partial charge in [0.05, 0.1) is 5.69 Å². The molecular formula is C13H12N4O2. The van der Waals surface area contributed by atoms with Crippen LogP contribution in [0.5, 0.6) is 0 Å². The summed E-state index contributed by atoms with van der Waals surface area (Å²) < 4.78 is 1.46. The molecule has 0 spiro atoms. The third kappa shape index (κ3) is 2.92. The lowest BCUT2D eigenvalue weighted by Crippen LogP contribution is -2.19. The van der Waals surface area contributed by atoms with E-state index in [4.69, 9.17) is 0 Å². The zero-order valence-corrected chi connectivity index (χ0v) is 10.3. The number of nitrogens with one attached hydrogen (secondary N) is 1. The van der Waals surface area contributed by atoms with Crippen LogP contribution < -0.4 is 10.7 Å². The molecular weight excluding hydrogens is 244 g/mol. The largest absolute Gasteiger partial charge is 0.394 e. The van der Waals surface area contributed by atoms with Gasteiger partial charge in [-0.1, -0.05) is 0 Å². The molecule has 0 atom stereocenters. The minimum Gasteiger partial charge on any atom is -0.394 e. The van der Waals surface area contributed by atoms with Gasteiger partial charge in [0.2, 0.25) is 11.2 Å². The van der Waals surface area contributed by atoms with Gasteiger partial charge in [-0.25, -0.2) is 4.68 Å². The van der Waals surface area contributed by atoms with E-state index in [1.165, 1.54) is 29.2 Å². The molecule has 0 amide bonds. The van der Waals surface area contributed by atoms with Crippen LogP contribution in [0, 0.1) is 0 Å². The van der Waals surface area contributed by atoms with E-state index in [-0.39, 0.29) is 5.69 Å². The molecule has 2 heterocycles. The maximum absolute atomic E-state index is 11.8. The van der Waals surface area contributed by atoms with Crippen molar-refractivity contribution in [2.45, 2.75) is 0 Å². The van der Waals surface area contributed by atoms with Crippen LogP contribution in [0.2, 0.25) is 0 Å². The molecule has 19 heavy (non-hydrogen) atoms. The Morgan fingerprint density at radius 3 is 2.74 bits per heavy atom. The van der Waals surface area contributed by atoms with Crippen LogP contribution in [0.25, 0.3) is 5.69 Å². The van der Waals surface area contributed by atoms with Gasteiger partial charge in [-0.15, -0.1) is 0 Å². The molecule has 96 valence electrons. The summed E-state index contributed by atoms with van der Waals surface area (Å²) >= 11 is 0. The molecule has 2 rings (SSSR count). The first kappa shape index (κ1) is 12.7. The molecule has 1 N–H and O–H groups in total. The van der Waals surface area contributed by atoms with Crippen LogP contribution in [-0.2, 0) is 0 Å². The average molecular weight is 256 g/mol. The molecule has 0 fully saturated rings.